The van der Waals surface area contributed by atoms with Crippen molar-refractivity contribution in [3.05, 3.63) is 47.7 Å². The average Bonchev–Trinajstić information content (AvgIpc) is 3.01. The molecule has 0 unspecified atom stereocenters. The first-order chi connectivity index (χ1) is 13.7. The lowest BCUT2D eigenvalue weighted by Gasteiger charge is -2.21. The van der Waals surface area contributed by atoms with Gasteiger partial charge in [0, 0.05) is 37.2 Å². The van der Waals surface area contributed by atoms with E-state index in [0.29, 0.717) is 18.7 Å². The Labute approximate surface area is 173 Å². The summed E-state index contributed by atoms with van der Waals surface area (Å²) >= 11 is 0. The van der Waals surface area contributed by atoms with E-state index in [-0.39, 0.29) is 17.4 Å². The fraction of sp³-hybridized carbons (Fsp3) is 0.565. The molecule has 29 heavy (non-hydrogen) atoms. The minimum atomic E-state index is -0.0387. The van der Waals surface area contributed by atoms with Gasteiger partial charge in [-0.1, -0.05) is 20.8 Å². The summed E-state index contributed by atoms with van der Waals surface area (Å²) in [5.41, 5.74) is 0.667. The molecule has 6 nitrogen and oxygen atoms in total. The van der Waals surface area contributed by atoms with Gasteiger partial charge in [0.25, 0.3) is 5.91 Å². The zero-order chi connectivity index (χ0) is 21.0. The van der Waals surface area contributed by atoms with Gasteiger partial charge in [0.2, 0.25) is 5.89 Å². The number of nitrogens with zero attached hydrogens (tertiary/aromatic N) is 3. The molecule has 1 amide bonds. The second-order valence-electron chi connectivity index (χ2n) is 8.98. The number of hydrogen-bond acceptors (Lipinski definition) is 5. The van der Waals surface area contributed by atoms with E-state index in [0.717, 1.165) is 43.5 Å². The second-order valence-corrected chi connectivity index (χ2v) is 8.98. The Hall–Kier alpha value is -2.34. The van der Waals surface area contributed by atoms with Crippen molar-refractivity contribution in [2.45, 2.75) is 59.1 Å². The van der Waals surface area contributed by atoms with Crippen LogP contribution < -0.4 is 4.74 Å². The molecule has 0 aliphatic carbocycles. The minimum absolute atomic E-state index is 0.0387. The molecule has 0 N–H and O–H groups in total. The van der Waals surface area contributed by atoms with Crippen LogP contribution in [0.25, 0.3) is 0 Å². The van der Waals surface area contributed by atoms with Crippen molar-refractivity contribution in [1.29, 1.82) is 0 Å². The molecule has 1 saturated heterocycles. The van der Waals surface area contributed by atoms with Crippen LogP contribution >= 0.6 is 0 Å². The number of carbonyl (C=O) groups excluding carboxylic acids is 1. The highest BCUT2D eigenvalue weighted by molar-refractivity contribution is 5.94. The topological polar surface area (TPSA) is 58.8 Å². The molecule has 0 bridgehead atoms. The van der Waals surface area contributed by atoms with E-state index < -0.39 is 0 Å². The van der Waals surface area contributed by atoms with Crippen LogP contribution in [0.2, 0.25) is 0 Å². The standard InChI is InChI=1S/C23H33N3O3/c1-17(2)28-19-9-7-18(8-10-19)22(27)26-12-6-11-25(13-14-26)16-21-24-15-20(29-21)23(3,4)5/h7-10,15,17H,6,11-14,16H2,1-5H3. The zero-order valence-electron chi connectivity index (χ0n) is 18.3. The smallest absolute Gasteiger partial charge is 0.253 e. The summed E-state index contributed by atoms with van der Waals surface area (Å²) in [4.78, 5) is 21.6. The molecule has 1 fully saturated rings. The molecule has 1 aliphatic rings. The molecule has 3 rings (SSSR count). The summed E-state index contributed by atoms with van der Waals surface area (Å²) in [5.74, 6) is 2.52. The number of ether oxygens (including phenoxy) is 1. The van der Waals surface area contributed by atoms with Crippen molar-refractivity contribution in [1.82, 2.24) is 14.8 Å². The lowest BCUT2D eigenvalue weighted by Crippen LogP contribution is -2.35. The minimum Gasteiger partial charge on any atom is -0.491 e. The molecule has 1 aliphatic heterocycles. The number of oxazole rings is 1. The van der Waals surface area contributed by atoms with Gasteiger partial charge in [-0.2, -0.15) is 0 Å². The first-order valence-corrected chi connectivity index (χ1v) is 10.5. The van der Waals surface area contributed by atoms with Gasteiger partial charge in [-0.3, -0.25) is 9.69 Å². The monoisotopic (exact) mass is 399 g/mol. The fourth-order valence-corrected chi connectivity index (χ4v) is 3.38. The van der Waals surface area contributed by atoms with Crippen molar-refractivity contribution in [3.63, 3.8) is 0 Å². The Bertz CT molecular complexity index is 806. The molecule has 0 atom stereocenters. The number of amides is 1. The molecular formula is C23H33N3O3. The van der Waals surface area contributed by atoms with E-state index in [9.17, 15) is 4.79 Å². The molecule has 0 saturated carbocycles. The Morgan fingerprint density at radius 2 is 1.86 bits per heavy atom. The highest BCUT2D eigenvalue weighted by atomic mass is 16.5. The van der Waals surface area contributed by atoms with Crippen LogP contribution in [0.15, 0.2) is 34.9 Å². The van der Waals surface area contributed by atoms with Crippen LogP contribution in [0, 0.1) is 0 Å². The molecule has 2 aromatic rings. The third-order valence-corrected chi connectivity index (χ3v) is 5.00. The second kappa shape index (κ2) is 8.99. The largest absolute Gasteiger partial charge is 0.491 e. The van der Waals surface area contributed by atoms with Gasteiger partial charge in [-0.05, 0) is 44.5 Å². The van der Waals surface area contributed by atoms with Crippen molar-refractivity contribution in [2.75, 3.05) is 26.2 Å². The van der Waals surface area contributed by atoms with E-state index in [2.05, 4.69) is 30.7 Å². The average molecular weight is 400 g/mol. The SMILES string of the molecule is CC(C)Oc1ccc(C(=O)N2CCCN(Cc3ncc(C(C)(C)C)o3)CC2)cc1. The highest BCUT2D eigenvalue weighted by Crippen LogP contribution is 2.23. The Morgan fingerprint density at radius 1 is 1.14 bits per heavy atom. The van der Waals surface area contributed by atoms with Gasteiger partial charge in [0.15, 0.2) is 0 Å². The molecule has 158 valence electrons. The maximum Gasteiger partial charge on any atom is 0.253 e. The Morgan fingerprint density at radius 3 is 2.48 bits per heavy atom. The highest BCUT2D eigenvalue weighted by Gasteiger charge is 2.23. The number of benzene rings is 1. The maximum absolute atomic E-state index is 12.9. The van der Waals surface area contributed by atoms with Crippen LogP contribution in [0.5, 0.6) is 5.75 Å². The number of hydrogen-bond donors (Lipinski definition) is 0. The molecule has 6 heteroatoms. The number of aromatic nitrogens is 1. The lowest BCUT2D eigenvalue weighted by molar-refractivity contribution is 0.0760. The van der Waals surface area contributed by atoms with E-state index in [1.54, 1.807) is 0 Å². The van der Waals surface area contributed by atoms with Gasteiger partial charge < -0.3 is 14.1 Å². The van der Waals surface area contributed by atoms with Crippen LogP contribution in [0.3, 0.4) is 0 Å². The maximum atomic E-state index is 12.9. The third kappa shape index (κ3) is 5.82. The summed E-state index contributed by atoms with van der Waals surface area (Å²) in [6.07, 6.45) is 2.89. The van der Waals surface area contributed by atoms with Crippen molar-refractivity contribution >= 4 is 5.91 Å². The van der Waals surface area contributed by atoms with Gasteiger partial charge >= 0.3 is 0 Å². The van der Waals surface area contributed by atoms with E-state index in [1.807, 2.05) is 49.2 Å². The molecule has 2 heterocycles. The van der Waals surface area contributed by atoms with Crippen LogP contribution in [-0.2, 0) is 12.0 Å². The first-order valence-electron chi connectivity index (χ1n) is 10.5. The van der Waals surface area contributed by atoms with E-state index in [1.165, 1.54) is 0 Å². The third-order valence-electron chi connectivity index (χ3n) is 5.00. The van der Waals surface area contributed by atoms with Gasteiger partial charge in [-0.25, -0.2) is 4.98 Å². The summed E-state index contributed by atoms with van der Waals surface area (Å²) in [5, 5.41) is 0. The lowest BCUT2D eigenvalue weighted by atomic mass is 9.94. The summed E-state index contributed by atoms with van der Waals surface area (Å²) in [7, 11) is 0. The van der Waals surface area contributed by atoms with Crippen LogP contribution in [0.1, 0.15) is 63.0 Å². The van der Waals surface area contributed by atoms with Crippen molar-refractivity contribution < 1.29 is 13.9 Å². The summed E-state index contributed by atoms with van der Waals surface area (Å²) < 4.78 is 11.6. The summed E-state index contributed by atoms with van der Waals surface area (Å²) in [6, 6.07) is 7.44. The molecule has 1 aromatic heterocycles. The number of carbonyl (C=O) groups is 1. The predicted octanol–water partition coefficient (Wildman–Crippen LogP) is 4.11. The predicted molar refractivity (Wildman–Crippen MR) is 113 cm³/mol. The Kier molecular flexibility index (Phi) is 6.63. The molecule has 0 radical (unpaired) electrons. The van der Waals surface area contributed by atoms with Crippen molar-refractivity contribution in [3.8, 4) is 5.75 Å². The van der Waals surface area contributed by atoms with Gasteiger partial charge in [-0.15, -0.1) is 0 Å². The fourth-order valence-electron chi connectivity index (χ4n) is 3.38. The Balaban J connectivity index is 1.56. The zero-order valence-corrected chi connectivity index (χ0v) is 18.3. The van der Waals surface area contributed by atoms with Crippen LogP contribution in [-0.4, -0.2) is 53.0 Å². The van der Waals surface area contributed by atoms with Gasteiger partial charge in [0.05, 0.1) is 18.8 Å². The van der Waals surface area contributed by atoms with Crippen molar-refractivity contribution in [2.24, 2.45) is 0 Å². The van der Waals surface area contributed by atoms with E-state index >= 15 is 0 Å². The number of rotatable bonds is 5. The molecule has 1 aromatic carbocycles. The molecular weight excluding hydrogens is 366 g/mol. The van der Waals surface area contributed by atoms with E-state index in [4.69, 9.17) is 9.15 Å². The van der Waals surface area contributed by atoms with Gasteiger partial charge in [0.1, 0.15) is 11.5 Å². The van der Waals surface area contributed by atoms with Crippen LogP contribution in [0.4, 0.5) is 0 Å². The normalized spacial score (nSPS) is 16.1. The quantitative estimate of drug-likeness (QED) is 0.757. The molecule has 0 spiro atoms. The first kappa shape index (κ1) is 21.4. The summed E-state index contributed by atoms with van der Waals surface area (Å²) in [6.45, 7) is 14.2.